The molecule has 0 bridgehead atoms. The van der Waals surface area contributed by atoms with Crippen molar-refractivity contribution in [2.75, 3.05) is 13.1 Å². The highest BCUT2D eigenvalue weighted by Gasteiger charge is 2.25. The van der Waals surface area contributed by atoms with Gasteiger partial charge in [-0.15, -0.1) is 0 Å². The zero-order valence-corrected chi connectivity index (χ0v) is 17.6. The highest BCUT2D eigenvalue weighted by Crippen LogP contribution is 2.31. The van der Waals surface area contributed by atoms with Gasteiger partial charge >= 0.3 is 0 Å². The zero-order valence-electron chi connectivity index (χ0n) is 17.6. The molecule has 4 aromatic rings. The summed E-state index contributed by atoms with van der Waals surface area (Å²) in [5.41, 5.74) is 4.89. The number of benzene rings is 2. The number of nitrogens with zero attached hydrogens (tertiary/aromatic N) is 5. The molecule has 5 rings (SSSR count). The van der Waals surface area contributed by atoms with E-state index in [1.165, 1.54) is 11.3 Å². The number of likely N-dealkylation sites (tertiary alicyclic amines) is 1. The monoisotopic (exact) mass is 411 g/mol. The number of imidazole rings is 1. The van der Waals surface area contributed by atoms with E-state index in [1.807, 2.05) is 61.1 Å². The van der Waals surface area contributed by atoms with Crippen LogP contribution < -0.4 is 0 Å². The number of aromatic nitrogens is 3. The SMILES string of the molecule is [C-]#[N+]c1ccc([C@@H](C)n2cncc2CN2CCC(c3nc4ccccc4o3)CC2)cc1. The fourth-order valence-electron chi connectivity index (χ4n) is 4.42. The first-order valence-electron chi connectivity index (χ1n) is 10.8. The number of hydrogen-bond acceptors (Lipinski definition) is 4. The van der Waals surface area contributed by atoms with Gasteiger partial charge < -0.3 is 8.98 Å². The van der Waals surface area contributed by atoms with Crippen LogP contribution in [-0.2, 0) is 6.54 Å². The molecule has 0 spiro atoms. The molecule has 0 radical (unpaired) electrons. The Hall–Kier alpha value is -3.43. The van der Waals surface area contributed by atoms with Gasteiger partial charge in [0.25, 0.3) is 0 Å². The number of para-hydroxylation sites is 2. The van der Waals surface area contributed by atoms with E-state index in [2.05, 4.69) is 26.2 Å². The zero-order chi connectivity index (χ0) is 21.2. The van der Waals surface area contributed by atoms with Crippen molar-refractivity contribution in [3.05, 3.63) is 89.6 Å². The van der Waals surface area contributed by atoms with Crippen molar-refractivity contribution in [1.82, 2.24) is 19.4 Å². The lowest BCUT2D eigenvalue weighted by molar-refractivity contribution is 0.189. The van der Waals surface area contributed by atoms with Crippen molar-refractivity contribution >= 4 is 16.8 Å². The van der Waals surface area contributed by atoms with Crippen LogP contribution in [0.5, 0.6) is 0 Å². The molecular weight excluding hydrogens is 386 g/mol. The van der Waals surface area contributed by atoms with Gasteiger partial charge in [0.2, 0.25) is 0 Å². The molecule has 1 aliphatic rings. The fraction of sp³-hybridized carbons (Fsp3) is 0.320. The largest absolute Gasteiger partial charge is 0.440 e. The summed E-state index contributed by atoms with van der Waals surface area (Å²) in [5.74, 6) is 1.26. The van der Waals surface area contributed by atoms with E-state index in [9.17, 15) is 0 Å². The molecule has 0 unspecified atom stereocenters. The molecule has 6 heteroatoms. The highest BCUT2D eigenvalue weighted by molar-refractivity contribution is 5.72. The maximum atomic E-state index is 7.13. The molecule has 156 valence electrons. The van der Waals surface area contributed by atoms with Crippen LogP contribution in [-0.4, -0.2) is 32.5 Å². The van der Waals surface area contributed by atoms with Gasteiger partial charge in [0.15, 0.2) is 17.2 Å². The lowest BCUT2D eigenvalue weighted by Gasteiger charge is -2.31. The molecular formula is C25H25N5O. The van der Waals surface area contributed by atoms with Crippen molar-refractivity contribution in [3.8, 4) is 0 Å². The summed E-state index contributed by atoms with van der Waals surface area (Å²) in [6, 6.07) is 16.0. The summed E-state index contributed by atoms with van der Waals surface area (Å²) in [4.78, 5) is 15.1. The third-order valence-corrected chi connectivity index (χ3v) is 6.30. The van der Waals surface area contributed by atoms with Crippen molar-refractivity contribution in [3.63, 3.8) is 0 Å². The van der Waals surface area contributed by atoms with Crippen LogP contribution >= 0.6 is 0 Å². The van der Waals surface area contributed by atoms with Crippen molar-refractivity contribution < 1.29 is 4.42 Å². The van der Waals surface area contributed by atoms with Gasteiger partial charge in [-0.1, -0.05) is 36.4 Å². The molecule has 6 nitrogen and oxygen atoms in total. The average molecular weight is 412 g/mol. The van der Waals surface area contributed by atoms with Crippen LogP contribution in [0.1, 0.15) is 48.9 Å². The molecule has 1 fully saturated rings. The lowest BCUT2D eigenvalue weighted by atomic mass is 9.96. The first-order chi connectivity index (χ1) is 15.2. The van der Waals surface area contributed by atoms with Crippen molar-refractivity contribution in [2.45, 2.75) is 38.3 Å². The Balaban J connectivity index is 1.24. The van der Waals surface area contributed by atoms with Crippen LogP contribution in [0.15, 0.2) is 65.5 Å². The van der Waals surface area contributed by atoms with E-state index < -0.39 is 0 Å². The molecule has 1 atom stereocenters. The second-order valence-corrected chi connectivity index (χ2v) is 8.24. The van der Waals surface area contributed by atoms with Gasteiger partial charge in [0.05, 0.1) is 24.6 Å². The van der Waals surface area contributed by atoms with Crippen LogP contribution in [0.25, 0.3) is 15.9 Å². The van der Waals surface area contributed by atoms with Crippen molar-refractivity contribution in [1.29, 1.82) is 0 Å². The van der Waals surface area contributed by atoms with Gasteiger partial charge in [-0.05, 0) is 50.6 Å². The Morgan fingerprint density at radius 1 is 1.13 bits per heavy atom. The lowest BCUT2D eigenvalue weighted by Crippen LogP contribution is -2.33. The molecule has 1 saturated heterocycles. The van der Waals surface area contributed by atoms with E-state index in [0.717, 1.165) is 49.5 Å². The Morgan fingerprint density at radius 2 is 1.90 bits per heavy atom. The van der Waals surface area contributed by atoms with E-state index in [-0.39, 0.29) is 6.04 Å². The summed E-state index contributed by atoms with van der Waals surface area (Å²) < 4.78 is 8.24. The van der Waals surface area contributed by atoms with Crippen LogP contribution in [0.3, 0.4) is 0 Å². The minimum atomic E-state index is 0.176. The number of piperidine rings is 1. The quantitative estimate of drug-likeness (QED) is 0.403. The minimum absolute atomic E-state index is 0.176. The predicted octanol–water partition coefficient (Wildman–Crippen LogP) is 5.56. The number of hydrogen-bond donors (Lipinski definition) is 0. The van der Waals surface area contributed by atoms with Gasteiger partial charge in [-0.3, -0.25) is 4.90 Å². The molecule has 2 aromatic heterocycles. The average Bonchev–Trinajstić information content (AvgIpc) is 3.46. The normalized spacial score (nSPS) is 16.4. The number of rotatable bonds is 5. The molecule has 0 aliphatic carbocycles. The molecule has 0 saturated carbocycles. The first-order valence-corrected chi connectivity index (χ1v) is 10.8. The molecule has 2 aromatic carbocycles. The second kappa shape index (κ2) is 8.37. The summed E-state index contributed by atoms with van der Waals surface area (Å²) in [7, 11) is 0. The fourth-order valence-corrected chi connectivity index (χ4v) is 4.42. The standard InChI is InChI=1S/C25H25N5O/c1-18(19-7-9-21(26-2)10-8-19)30-17-27-15-22(30)16-29-13-11-20(12-14-29)25-28-23-5-3-4-6-24(23)31-25/h3-10,15,17-18,20H,11-14,16H2,1H3/t18-/m1/s1. The summed E-state index contributed by atoms with van der Waals surface area (Å²) in [5, 5.41) is 0. The predicted molar refractivity (Wildman–Crippen MR) is 120 cm³/mol. The second-order valence-electron chi connectivity index (χ2n) is 8.24. The summed E-state index contributed by atoms with van der Waals surface area (Å²) in [6.07, 6.45) is 5.98. The van der Waals surface area contributed by atoms with E-state index in [0.29, 0.717) is 11.6 Å². The van der Waals surface area contributed by atoms with Gasteiger partial charge in [-0.25, -0.2) is 14.8 Å². The van der Waals surface area contributed by atoms with Crippen LogP contribution in [0.2, 0.25) is 0 Å². The van der Waals surface area contributed by atoms with Crippen LogP contribution in [0, 0.1) is 6.57 Å². The van der Waals surface area contributed by atoms with Gasteiger partial charge in [0.1, 0.15) is 5.52 Å². The first kappa shape index (κ1) is 19.5. The number of fused-ring (bicyclic) bond motifs is 1. The maximum Gasteiger partial charge on any atom is 0.198 e. The molecule has 31 heavy (non-hydrogen) atoms. The molecule has 0 amide bonds. The molecule has 0 N–H and O–H groups in total. The molecule has 1 aliphatic heterocycles. The third kappa shape index (κ3) is 3.97. The van der Waals surface area contributed by atoms with E-state index in [1.54, 1.807) is 0 Å². The van der Waals surface area contributed by atoms with Gasteiger partial charge in [-0.2, -0.15) is 0 Å². The Kier molecular flexibility index (Phi) is 5.27. The van der Waals surface area contributed by atoms with E-state index in [4.69, 9.17) is 16.0 Å². The van der Waals surface area contributed by atoms with E-state index >= 15 is 0 Å². The Bertz CT molecular complexity index is 1180. The van der Waals surface area contributed by atoms with Crippen LogP contribution in [0.4, 0.5) is 5.69 Å². The summed E-state index contributed by atoms with van der Waals surface area (Å²) >= 11 is 0. The molecule has 3 heterocycles. The smallest absolute Gasteiger partial charge is 0.198 e. The Labute approximate surface area is 182 Å². The number of oxazole rings is 1. The van der Waals surface area contributed by atoms with Gasteiger partial charge in [0, 0.05) is 18.7 Å². The summed E-state index contributed by atoms with van der Waals surface area (Å²) in [6.45, 7) is 12.2. The maximum absolute atomic E-state index is 7.13. The third-order valence-electron chi connectivity index (χ3n) is 6.30. The topological polar surface area (TPSA) is 51.5 Å². The minimum Gasteiger partial charge on any atom is -0.440 e. The van der Waals surface area contributed by atoms with Crippen molar-refractivity contribution in [2.24, 2.45) is 0 Å². The Morgan fingerprint density at radius 3 is 2.65 bits per heavy atom. The highest BCUT2D eigenvalue weighted by atomic mass is 16.3.